The Labute approximate surface area is 788 Å². The van der Waals surface area contributed by atoms with Gasteiger partial charge in [0.25, 0.3) is 0 Å². The second-order valence-electron chi connectivity index (χ2n) is 56.9. The van der Waals surface area contributed by atoms with E-state index in [-0.39, 0.29) is 87.0 Å². The third kappa shape index (κ3) is 44.5. The van der Waals surface area contributed by atoms with Crippen molar-refractivity contribution in [1.82, 2.24) is 15.1 Å². The van der Waals surface area contributed by atoms with E-state index in [0.29, 0.717) is 104 Å². The highest BCUT2D eigenvalue weighted by atomic mass is 32.2. The minimum absolute atomic E-state index is 0.0971. The van der Waals surface area contributed by atoms with Crippen LogP contribution >= 0.6 is 0 Å². The first-order valence-electron chi connectivity index (χ1n) is 49.9. The molecule has 0 saturated carbocycles. The number of rotatable bonds is 1. The summed E-state index contributed by atoms with van der Waals surface area (Å²) in [5.74, 6) is 7.30. The SMILES string of the molecule is CC(C)(C)C1CC(C(C)(C)C)S(=O)C1.CC(C)(C)C1CCC(C(C)(C)C)CS(=O)(=O)C1.CC(C)(C)C1CCC(C(C)(C)C)S(=O)(=O)CC1.CC(C)(C)C1CCCC(C(C)(C)C)S(=O)(=O)C1.CC(C)(C)C1CCCS(=O)(=O)C(C(C)(C)C)C1.CC(C)(C)C1COCC(C(C)(C)C)OC1.CC(C)(C)C1COCCN(C(C)(C)C)C1.CC(C)N1CCNCC(C(C)(C)C)C1. The molecule has 0 aliphatic carbocycles. The number of hydrogen-bond donors (Lipinski definition) is 1. The summed E-state index contributed by atoms with van der Waals surface area (Å²) in [6, 6.07) is 0.680. The standard InChI is InChI=1S/4C14H28O2S.C13H27NO.C13H26O2.C12H26N2.C12H24OS/c1-13(2,3)11-7-8-12(14(4,5)6)10-17(15,16)9-11;1-13(2,3)11-7-8-12(14(4,5)6)17(15,16)10-9-11;1-13(2,3)11-8-7-9-17(15,16)12(10-11)14(4,5)6;1-13(2,3)11-8-7-9-12(14(4,5)6)17(15,16)10-11;1-12(2,3)11-9-14(13(4,5)6)7-8-15-10-11;1-12(2,3)10-7-14-9-11(15-8-10)13(4,5)6;1-10(2)14-7-6-13-8-11(9-14)12(3,4)5;1-11(2,3)9-7-10(12(4,5)6)14(13)8-9/h4*11-12H,7-10H2,1-6H3;11H,7-10H2,1-6H3;10-11H,7-9H2,1-6H3;10-11,13H,6-9H2,1-5H3;9-10H,7-8H2,1-6H3. The van der Waals surface area contributed by atoms with E-state index in [2.05, 4.69) is 299 Å². The van der Waals surface area contributed by atoms with E-state index >= 15 is 0 Å². The lowest BCUT2D eigenvalue weighted by atomic mass is 9.73. The lowest BCUT2D eigenvalue weighted by Gasteiger charge is -2.39. The van der Waals surface area contributed by atoms with Crippen LogP contribution in [0.4, 0.5) is 0 Å². The minimum Gasteiger partial charge on any atom is -0.380 e. The second kappa shape index (κ2) is 47.4. The van der Waals surface area contributed by atoms with Crippen LogP contribution in [0.5, 0.6) is 0 Å². The Morgan fingerprint density at radius 1 is 0.333 bits per heavy atom. The van der Waals surface area contributed by atoms with Gasteiger partial charge in [-0.25, -0.2) is 33.7 Å². The predicted octanol–water partition coefficient (Wildman–Crippen LogP) is 25.6. The molecule has 8 saturated heterocycles. The number of sulfone groups is 4. The Morgan fingerprint density at radius 3 is 1.13 bits per heavy atom. The van der Waals surface area contributed by atoms with E-state index in [9.17, 15) is 37.9 Å². The average molecular weight is 1880 g/mol. The monoisotopic (exact) mass is 1880 g/mol. The van der Waals surface area contributed by atoms with Gasteiger partial charge in [0, 0.05) is 72.0 Å². The molecule has 126 heavy (non-hydrogen) atoms. The van der Waals surface area contributed by atoms with E-state index in [1.165, 1.54) is 19.6 Å². The maximum absolute atomic E-state index is 12.5. The van der Waals surface area contributed by atoms with Crippen LogP contribution in [0.2, 0.25) is 0 Å². The molecule has 756 valence electrons. The summed E-state index contributed by atoms with van der Waals surface area (Å²) in [5.41, 5.74) is 2.30. The largest absolute Gasteiger partial charge is 0.380 e. The van der Waals surface area contributed by atoms with Crippen molar-refractivity contribution in [2.75, 3.05) is 107 Å². The molecule has 8 fully saturated rings. The fourth-order valence-electron chi connectivity index (χ4n) is 19.0. The van der Waals surface area contributed by atoms with Crippen molar-refractivity contribution in [1.29, 1.82) is 0 Å². The van der Waals surface area contributed by atoms with E-state index < -0.39 is 50.1 Å². The number of nitrogens with one attached hydrogen (secondary N) is 1. The van der Waals surface area contributed by atoms with Crippen molar-refractivity contribution in [2.24, 2.45) is 129 Å². The highest BCUT2D eigenvalue weighted by Crippen LogP contribution is 2.48. The molecule has 0 bridgehead atoms. The maximum Gasteiger partial charge on any atom is 0.153 e. The van der Waals surface area contributed by atoms with Gasteiger partial charge >= 0.3 is 0 Å². The van der Waals surface area contributed by atoms with Gasteiger partial charge in [0.15, 0.2) is 39.3 Å². The average Bonchev–Trinajstić information content (AvgIpc) is 1.63. The van der Waals surface area contributed by atoms with Crippen LogP contribution in [0.1, 0.15) is 402 Å². The summed E-state index contributed by atoms with van der Waals surface area (Å²) in [5, 5.41) is 3.43. The molecular formula is C106H215N3O12S5. The molecule has 0 aromatic rings. The molecule has 8 rings (SSSR count). The molecule has 20 heteroatoms. The Kier molecular flexibility index (Phi) is 46.5. The summed E-state index contributed by atoms with van der Waals surface area (Å²) in [6.07, 6.45) is 11.8. The Bertz CT molecular complexity index is 3530. The molecule has 0 spiro atoms. The third-order valence-corrected chi connectivity index (χ3v) is 42.0. The summed E-state index contributed by atoms with van der Waals surface area (Å²) in [7, 11) is -12.3. The first-order valence-corrected chi connectivity index (χ1v) is 58.2. The Morgan fingerprint density at radius 2 is 0.738 bits per heavy atom. The highest BCUT2D eigenvalue weighted by Gasteiger charge is 2.48. The normalized spacial score (nSPS) is 30.2. The van der Waals surface area contributed by atoms with Gasteiger partial charge in [-0.3, -0.25) is 14.0 Å². The van der Waals surface area contributed by atoms with Crippen LogP contribution in [0.3, 0.4) is 0 Å². The quantitative estimate of drug-likeness (QED) is 0.260. The number of ether oxygens (including phenoxy) is 3. The number of hydrogen-bond acceptors (Lipinski definition) is 15. The molecule has 8 aliphatic heterocycles. The molecule has 1 N–H and O–H groups in total. The van der Waals surface area contributed by atoms with Crippen molar-refractivity contribution < 1.29 is 52.1 Å². The maximum atomic E-state index is 12.5. The molecule has 8 heterocycles. The molecule has 0 aromatic heterocycles. The summed E-state index contributed by atoms with van der Waals surface area (Å²) < 4.78 is 128. The summed E-state index contributed by atoms with van der Waals surface area (Å²) in [6.45, 7) is 115. The number of nitrogens with zero attached hydrogens (tertiary/aromatic N) is 2. The van der Waals surface area contributed by atoms with Crippen molar-refractivity contribution in [2.45, 2.75) is 441 Å². The van der Waals surface area contributed by atoms with E-state index in [1.807, 2.05) is 41.5 Å². The molecule has 15 unspecified atom stereocenters. The van der Waals surface area contributed by atoms with Crippen LogP contribution in [-0.2, 0) is 64.4 Å². The molecular weight excluding hydrogens is 1670 g/mol. The van der Waals surface area contributed by atoms with E-state index in [0.717, 1.165) is 141 Å². The predicted molar refractivity (Wildman–Crippen MR) is 550 cm³/mol. The van der Waals surface area contributed by atoms with E-state index in [4.69, 9.17) is 14.2 Å². The van der Waals surface area contributed by atoms with Crippen molar-refractivity contribution in [3.63, 3.8) is 0 Å². The van der Waals surface area contributed by atoms with Gasteiger partial charge in [0.2, 0.25) is 0 Å². The second-order valence-corrected chi connectivity index (χ2v) is 67.5. The zero-order valence-electron chi connectivity index (χ0n) is 92.0. The van der Waals surface area contributed by atoms with Crippen LogP contribution in [0.25, 0.3) is 0 Å². The fraction of sp³-hybridized carbons (Fsp3) is 1.00. The van der Waals surface area contributed by atoms with Gasteiger partial charge in [-0.15, -0.1) is 0 Å². The van der Waals surface area contributed by atoms with Gasteiger partial charge in [0.1, 0.15) is 0 Å². The lowest BCUT2D eigenvalue weighted by molar-refractivity contribution is -0.0437. The van der Waals surface area contributed by atoms with Gasteiger partial charge in [-0.2, -0.15) is 0 Å². The van der Waals surface area contributed by atoms with Crippen molar-refractivity contribution in [3.05, 3.63) is 0 Å². The highest BCUT2D eigenvalue weighted by molar-refractivity contribution is 7.92. The Hall–Kier alpha value is -0.290. The van der Waals surface area contributed by atoms with Gasteiger partial charge in [-0.05, 0) is 235 Å². The third-order valence-electron chi connectivity index (χ3n) is 30.0. The topological polar surface area (TPSA) is 200 Å². The zero-order valence-corrected chi connectivity index (χ0v) is 96.1. The fourth-order valence-corrected chi connectivity index (χ4v) is 32.2. The summed E-state index contributed by atoms with van der Waals surface area (Å²) in [4.78, 5) is 5.14. The molecule has 15 nitrogen and oxygen atoms in total. The molecule has 8 aliphatic rings. The lowest BCUT2D eigenvalue weighted by Crippen LogP contribution is -2.46. The Balaban J connectivity index is 0.000000721. The van der Waals surface area contributed by atoms with Gasteiger partial charge in [-0.1, -0.05) is 297 Å². The van der Waals surface area contributed by atoms with Crippen molar-refractivity contribution >= 4 is 50.1 Å². The minimum atomic E-state index is -2.95. The first-order chi connectivity index (χ1) is 55.7. The summed E-state index contributed by atoms with van der Waals surface area (Å²) >= 11 is 0. The van der Waals surface area contributed by atoms with Gasteiger partial charge in [0.05, 0.1) is 83.7 Å². The van der Waals surface area contributed by atoms with Crippen LogP contribution in [-0.4, -0.2) is 193 Å². The van der Waals surface area contributed by atoms with Crippen LogP contribution in [0, 0.1) is 129 Å². The smallest absolute Gasteiger partial charge is 0.153 e. The first kappa shape index (κ1) is 124. The van der Waals surface area contributed by atoms with Crippen LogP contribution in [0.15, 0.2) is 0 Å². The van der Waals surface area contributed by atoms with E-state index in [1.54, 1.807) is 0 Å². The van der Waals surface area contributed by atoms with Gasteiger partial charge < -0.3 is 19.5 Å². The molecule has 0 radical (unpaired) electrons. The molecule has 0 aromatic carbocycles. The molecule has 15 atom stereocenters. The molecule has 0 amide bonds. The van der Waals surface area contributed by atoms with Crippen LogP contribution < -0.4 is 5.32 Å². The zero-order chi connectivity index (χ0) is 99.2. The van der Waals surface area contributed by atoms with Crippen molar-refractivity contribution in [3.8, 4) is 0 Å².